The zero-order chi connectivity index (χ0) is 19.6. The van der Waals surface area contributed by atoms with Crippen LogP contribution in [0.4, 0.5) is 0 Å². The molecule has 7 nitrogen and oxygen atoms in total. The molecule has 1 fully saturated rings. The van der Waals surface area contributed by atoms with E-state index in [0.717, 1.165) is 41.4 Å². The number of likely N-dealkylation sites (tertiary alicyclic amines) is 1. The molecule has 2 heterocycles. The Bertz CT molecular complexity index is 925. The van der Waals surface area contributed by atoms with Crippen molar-refractivity contribution >= 4 is 31.9 Å². The molecular weight excluding hydrogens is 432 g/mol. The van der Waals surface area contributed by atoms with Gasteiger partial charge in [0.05, 0.1) is 29.4 Å². The van der Waals surface area contributed by atoms with Gasteiger partial charge in [-0.05, 0) is 50.5 Å². The number of rotatable bonds is 5. The number of amides is 1. The highest BCUT2D eigenvalue weighted by atomic mass is 79.9. The van der Waals surface area contributed by atoms with Gasteiger partial charge in [0.1, 0.15) is 0 Å². The van der Waals surface area contributed by atoms with Crippen molar-refractivity contribution in [2.45, 2.75) is 32.2 Å². The first-order chi connectivity index (χ1) is 12.8. The molecule has 1 aromatic heterocycles. The summed E-state index contributed by atoms with van der Waals surface area (Å²) in [5, 5.41) is 4.38. The number of carbonyl (C=O) groups is 1. The van der Waals surface area contributed by atoms with E-state index < -0.39 is 10.0 Å². The van der Waals surface area contributed by atoms with E-state index in [1.54, 1.807) is 15.8 Å². The molecule has 0 bridgehead atoms. The molecule has 146 valence electrons. The van der Waals surface area contributed by atoms with E-state index >= 15 is 0 Å². The van der Waals surface area contributed by atoms with Crippen molar-refractivity contribution < 1.29 is 13.2 Å². The fourth-order valence-corrected chi connectivity index (χ4v) is 4.10. The summed E-state index contributed by atoms with van der Waals surface area (Å²) in [5.41, 5.74) is 2.19. The van der Waals surface area contributed by atoms with E-state index in [2.05, 4.69) is 25.8 Å². The van der Waals surface area contributed by atoms with E-state index in [-0.39, 0.29) is 18.5 Å². The smallest absolute Gasteiger partial charge is 0.257 e. The predicted molar refractivity (Wildman–Crippen MR) is 108 cm³/mol. The summed E-state index contributed by atoms with van der Waals surface area (Å²) in [7, 11) is -3.29. The third-order valence-electron chi connectivity index (χ3n) is 4.78. The second-order valence-corrected chi connectivity index (χ2v) is 9.55. The Morgan fingerprint density at radius 3 is 2.67 bits per heavy atom. The van der Waals surface area contributed by atoms with Crippen LogP contribution in [0.15, 0.2) is 34.9 Å². The molecule has 1 amide bonds. The number of aromatic nitrogens is 2. The lowest BCUT2D eigenvalue weighted by Gasteiger charge is -2.35. The van der Waals surface area contributed by atoms with E-state index in [1.807, 2.05) is 31.2 Å². The number of benzene rings is 1. The number of nitrogens with one attached hydrogen (secondary N) is 1. The Morgan fingerprint density at radius 1 is 1.30 bits per heavy atom. The first-order valence-electron chi connectivity index (χ1n) is 8.82. The zero-order valence-electron chi connectivity index (χ0n) is 15.4. The lowest BCUT2D eigenvalue weighted by atomic mass is 10.0. The first-order valence-corrected chi connectivity index (χ1v) is 11.5. The molecule has 2 aromatic rings. The number of halogens is 1. The minimum atomic E-state index is -3.29. The van der Waals surface area contributed by atoms with E-state index in [9.17, 15) is 13.2 Å². The Labute approximate surface area is 167 Å². The number of hydrogen-bond donors (Lipinski definition) is 1. The van der Waals surface area contributed by atoms with Crippen molar-refractivity contribution in [2.24, 2.45) is 0 Å². The van der Waals surface area contributed by atoms with E-state index in [4.69, 9.17) is 0 Å². The fourth-order valence-electron chi connectivity index (χ4n) is 3.34. The molecular formula is C18H23BrN4O3S. The molecule has 0 saturated carbocycles. The van der Waals surface area contributed by atoms with Gasteiger partial charge in [-0.3, -0.25) is 4.79 Å². The third kappa shape index (κ3) is 4.77. The van der Waals surface area contributed by atoms with Crippen molar-refractivity contribution in [1.29, 1.82) is 0 Å². The zero-order valence-corrected chi connectivity index (χ0v) is 17.8. The molecule has 1 saturated heterocycles. The van der Waals surface area contributed by atoms with Gasteiger partial charge in [0.15, 0.2) is 0 Å². The second kappa shape index (κ2) is 8.12. The van der Waals surface area contributed by atoms with Crippen molar-refractivity contribution in [2.75, 3.05) is 19.3 Å². The Morgan fingerprint density at radius 2 is 2.00 bits per heavy atom. The summed E-state index contributed by atoms with van der Waals surface area (Å²) >= 11 is 3.41. The minimum absolute atomic E-state index is 0.101. The number of piperidine rings is 1. The van der Waals surface area contributed by atoms with Gasteiger partial charge in [0, 0.05) is 23.6 Å². The van der Waals surface area contributed by atoms with Crippen molar-refractivity contribution in [3.8, 4) is 5.69 Å². The molecule has 1 aromatic carbocycles. The SMILES string of the molecule is Cc1c(C(=O)N2CCCCC2CNS(C)(=O)=O)cnn1-c1ccc(Br)cc1. The minimum Gasteiger partial charge on any atom is -0.334 e. The van der Waals surface area contributed by atoms with Crippen LogP contribution in [0.1, 0.15) is 35.3 Å². The maximum absolute atomic E-state index is 13.1. The van der Waals surface area contributed by atoms with Crippen molar-refractivity contribution in [3.63, 3.8) is 0 Å². The average molecular weight is 455 g/mol. The topological polar surface area (TPSA) is 84.3 Å². The maximum Gasteiger partial charge on any atom is 0.257 e. The van der Waals surface area contributed by atoms with Crippen LogP contribution in [0.3, 0.4) is 0 Å². The van der Waals surface area contributed by atoms with Crippen molar-refractivity contribution in [3.05, 3.63) is 46.2 Å². The largest absolute Gasteiger partial charge is 0.334 e. The summed E-state index contributed by atoms with van der Waals surface area (Å²) in [6.45, 7) is 2.73. The van der Waals surface area contributed by atoms with Crippen molar-refractivity contribution in [1.82, 2.24) is 19.4 Å². The molecule has 3 rings (SSSR count). The monoisotopic (exact) mass is 454 g/mol. The lowest BCUT2D eigenvalue weighted by molar-refractivity contribution is 0.0618. The summed E-state index contributed by atoms with van der Waals surface area (Å²) in [4.78, 5) is 14.9. The summed E-state index contributed by atoms with van der Waals surface area (Å²) in [6, 6.07) is 7.57. The van der Waals surface area contributed by atoms with Crippen LogP contribution in [0.25, 0.3) is 5.69 Å². The summed E-state index contributed by atoms with van der Waals surface area (Å²) in [6.07, 6.45) is 5.41. The number of nitrogens with zero attached hydrogens (tertiary/aromatic N) is 3. The Balaban J connectivity index is 1.82. The molecule has 1 unspecified atom stereocenters. The summed E-state index contributed by atoms with van der Waals surface area (Å²) < 4.78 is 28.1. The fraction of sp³-hybridized carbons (Fsp3) is 0.444. The standard InChI is InChI=1S/C18H23BrN4O3S/c1-13-17(12-20-23(13)15-8-6-14(19)7-9-15)18(24)22-10-4-3-5-16(22)11-21-27(2,25)26/h6-9,12,16,21H,3-5,10-11H2,1-2H3. The van der Waals surface area contributed by atoms with Gasteiger partial charge in [-0.1, -0.05) is 15.9 Å². The molecule has 1 N–H and O–H groups in total. The normalized spacial score (nSPS) is 17.9. The number of hydrogen-bond acceptors (Lipinski definition) is 4. The van der Waals surface area contributed by atoms with Crippen LogP contribution >= 0.6 is 15.9 Å². The van der Waals surface area contributed by atoms with Gasteiger partial charge in [-0.15, -0.1) is 0 Å². The average Bonchev–Trinajstić information content (AvgIpc) is 3.01. The van der Waals surface area contributed by atoms with Gasteiger partial charge in [-0.25, -0.2) is 17.8 Å². The molecule has 1 aliphatic heterocycles. The highest BCUT2D eigenvalue weighted by molar-refractivity contribution is 9.10. The van der Waals surface area contributed by atoms with Gasteiger partial charge >= 0.3 is 0 Å². The molecule has 9 heteroatoms. The molecule has 0 spiro atoms. The van der Waals surface area contributed by atoms with E-state index in [0.29, 0.717) is 12.1 Å². The van der Waals surface area contributed by atoms with Gasteiger partial charge < -0.3 is 4.90 Å². The van der Waals surface area contributed by atoms with Crippen LogP contribution in [0.2, 0.25) is 0 Å². The second-order valence-electron chi connectivity index (χ2n) is 6.80. The molecule has 0 radical (unpaired) electrons. The van der Waals surface area contributed by atoms with Gasteiger partial charge in [-0.2, -0.15) is 5.10 Å². The quantitative estimate of drug-likeness (QED) is 0.751. The van der Waals surface area contributed by atoms with Crippen LogP contribution in [0, 0.1) is 6.92 Å². The highest BCUT2D eigenvalue weighted by Gasteiger charge is 2.30. The maximum atomic E-state index is 13.1. The third-order valence-corrected chi connectivity index (χ3v) is 6.00. The van der Waals surface area contributed by atoms with E-state index in [1.165, 1.54) is 0 Å². The first kappa shape index (κ1) is 20.0. The molecule has 1 atom stereocenters. The predicted octanol–water partition coefficient (Wildman–Crippen LogP) is 2.49. The van der Waals surface area contributed by atoms with Crippen LogP contribution in [-0.2, 0) is 10.0 Å². The highest BCUT2D eigenvalue weighted by Crippen LogP contribution is 2.23. The number of carbonyl (C=O) groups excluding carboxylic acids is 1. The van der Waals surface area contributed by atoms with Gasteiger partial charge in [0.25, 0.3) is 5.91 Å². The van der Waals surface area contributed by atoms with Crippen LogP contribution in [-0.4, -0.2) is 54.4 Å². The molecule has 1 aliphatic rings. The van der Waals surface area contributed by atoms with Crippen LogP contribution < -0.4 is 4.72 Å². The Hall–Kier alpha value is -1.71. The lowest BCUT2D eigenvalue weighted by Crippen LogP contribution is -2.49. The van der Waals surface area contributed by atoms with Gasteiger partial charge in [0.2, 0.25) is 10.0 Å². The molecule has 27 heavy (non-hydrogen) atoms. The summed E-state index contributed by atoms with van der Waals surface area (Å²) in [5.74, 6) is -0.101. The number of sulfonamides is 1. The van der Waals surface area contributed by atoms with Crippen LogP contribution in [0.5, 0.6) is 0 Å². The Kier molecular flexibility index (Phi) is 6.02. The molecule has 0 aliphatic carbocycles.